The van der Waals surface area contributed by atoms with Gasteiger partial charge in [0.15, 0.2) is 0 Å². The van der Waals surface area contributed by atoms with Crippen molar-refractivity contribution in [2.45, 2.75) is 18.1 Å². The van der Waals surface area contributed by atoms with Gasteiger partial charge < -0.3 is 10.5 Å². The summed E-state index contributed by atoms with van der Waals surface area (Å²) in [6.07, 6.45) is 0.890. The molecule has 0 unspecified atom stereocenters. The van der Waals surface area contributed by atoms with Gasteiger partial charge in [-0.05, 0) is 31.0 Å². The fourth-order valence-corrected chi connectivity index (χ4v) is 3.54. The zero-order valence-corrected chi connectivity index (χ0v) is 12.2. The van der Waals surface area contributed by atoms with E-state index in [1.165, 1.54) is 18.2 Å². The highest BCUT2D eigenvalue weighted by Gasteiger charge is 2.28. The molecule has 0 radical (unpaired) electrons. The smallest absolute Gasteiger partial charge is 0.235 e. The number of ether oxygens (including phenoxy) is 1. The van der Waals surface area contributed by atoms with Crippen LogP contribution in [0.1, 0.15) is 18.4 Å². The molecule has 0 spiro atoms. The second-order valence-corrected chi connectivity index (χ2v) is 6.62. The SMILES string of the molecule is NCC#Cc1cc(F)ccc1NS(=O)(=O)C1CCOCC1. The van der Waals surface area contributed by atoms with Gasteiger partial charge in [-0.3, -0.25) is 4.72 Å². The first kappa shape index (κ1) is 15.8. The zero-order chi connectivity index (χ0) is 15.3. The van der Waals surface area contributed by atoms with Gasteiger partial charge >= 0.3 is 0 Å². The summed E-state index contributed by atoms with van der Waals surface area (Å²) in [6.45, 7) is 0.965. The van der Waals surface area contributed by atoms with Crippen molar-refractivity contribution in [2.24, 2.45) is 5.73 Å². The fourth-order valence-electron chi connectivity index (χ4n) is 2.08. The molecule has 1 aromatic rings. The number of nitrogens with one attached hydrogen (secondary N) is 1. The van der Waals surface area contributed by atoms with E-state index in [4.69, 9.17) is 10.5 Å². The molecule has 1 aliphatic rings. The summed E-state index contributed by atoms with van der Waals surface area (Å²) < 4.78 is 45.6. The molecule has 5 nitrogen and oxygen atoms in total. The maximum Gasteiger partial charge on any atom is 0.235 e. The third-order valence-corrected chi connectivity index (χ3v) is 5.02. The van der Waals surface area contributed by atoms with Crippen molar-refractivity contribution < 1.29 is 17.5 Å². The first-order valence-electron chi connectivity index (χ1n) is 6.61. The lowest BCUT2D eigenvalue weighted by molar-refractivity contribution is 0.0984. The third-order valence-electron chi connectivity index (χ3n) is 3.17. The van der Waals surface area contributed by atoms with Gasteiger partial charge in [-0.25, -0.2) is 12.8 Å². The van der Waals surface area contributed by atoms with Gasteiger partial charge in [0, 0.05) is 13.2 Å². The predicted octanol–water partition coefficient (Wildman–Crippen LogP) is 1.06. The normalized spacial score (nSPS) is 16.1. The first-order chi connectivity index (χ1) is 10.0. The van der Waals surface area contributed by atoms with Gasteiger partial charge in [-0.2, -0.15) is 0 Å². The molecule has 114 valence electrons. The lowest BCUT2D eigenvalue weighted by Crippen LogP contribution is -2.33. The Kier molecular flexibility index (Phi) is 5.17. The van der Waals surface area contributed by atoms with E-state index < -0.39 is 21.1 Å². The summed E-state index contributed by atoms with van der Waals surface area (Å²) in [5, 5.41) is -0.508. The Morgan fingerprint density at radius 2 is 2.10 bits per heavy atom. The van der Waals surface area contributed by atoms with E-state index in [0.29, 0.717) is 26.1 Å². The van der Waals surface area contributed by atoms with E-state index in [1.807, 2.05) is 0 Å². The predicted molar refractivity (Wildman–Crippen MR) is 78.7 cm³/mol. The average molecular weight is 312 g/mol. The zero-order valence-electron chi connectivity index (χ0n) is 11.4. The van der Waals surface area contributed by atoms with Crippen LogP contribution in [-0.4, -0.2) is 33.4 Å². The number of benzene rings is 1. The molecule has 1 heterocycles. The number of hydrogen-bond donors (Lipinski definition) is 2. The minimum Gasteiger partial charge on any atom is -0.381 e. The maximum atomic E-state index is 13.3. The van der Waals surface area contributed by atoms with Crippen molar-refractivity contribution in [3.8, 4) is 11.8 Å². The van der Waals surface area contributed by atoms with Crippen LogP contribution in [0.2, 0.25) is 0 Å². The van der Waals surface area contributed by atoms with E-state index in [0.717, 1.165) is 0 Å². The van der Waals surface area contributed by atoms with Crippen molar-refractivity contribution in [2.75, 3.05) is 24.5 Å². The van der Waals surface area contributed by atoms with Crippen LogP contribution >= 0.6 is 0 Å². The number of halogens is 1. The molecule has 1 aromatic carbocycles. The third kappa shape index (κ3) is 4.17. The standard InChI is InChI=1S/C14H17FN2O3S/c15-12-3-4-14(11(10-12)2-1-7-16)17-21(18,19)13-5-8-20-9-6-13/h3-4,10,13,17H,5-9,16H2. The maximum absolute atomic E-state index is 13.3. The summed E-state index contributed by atoms with van der Waals surface area (Å²) in [5.74, 6) is 4.79. The van der Waals surface area contributed by atoms with E-state index >= 15 is 0 Å². The summed E-state index contributed by atoms with van der Waals surface area (Å²) in [6, 6.07) is 3.74. The summed E-state index contributed by atoms with van der Waals surface area (Å²) in [5.41, 5.74) is 5.83. The molecule has 0 bridgehead atoms. The molecule has 0 saturated carbocycles. The van der Waals surface area contributed by atoms with Crippen LogP contribution in [0.3, 0.4) is 0 Å². The molecule has 3 N–H and O–H groups in total. The van der Waals surface area contributed by atoms with Gasteiger partial charge in [0.05, 0.1) is 23.0 Å². The molecule has 0 aliphatic carbocycles. The summed E-state index contributed by atoms with van der Waals surface area (Å²) in [4.78, 5) is 0. The molecule has 0 aromatic heterocycles. The first-order valence-corrected chi connectivity index (χ1v) is 8.15. The monoisotopic (exact) mass is 312 g/mol. The van der Waals surface area contributed by atoms with Crippen molar-refractivity contribution >= 4 is 15.7 Å². The Hall–Kier alpha value is -1.62. The van der Waals surface area contributed by atoms with Crippen molar-refractivity contribution in [1.82, 2.24) is 0 Å². The van der Waals surface area contributed by atoms with E-state index in [-0.39, 0.29) is 17.8 Å². The molecule has 1 fully saturated rings. The minimum atomic E-state index is -3.55. The lowest BCUT2D eigenvalue weighted by atomic mass is 10.2. The van der Waals surface area contributed by atoms with Gasteiger partial charge in [-0.15, -0.1) is 0 Å². The number of hydrogen-bond acceptors (Lipinski definition) is 4. The Morgan fingerprint density at radius 1 is 1.38 bits per heavy atom. The van der Waals surface area contributed by atoms with Crippen LogP contribution in [-0.2, 0) is 14.8 Å². The highest BCUT2D eigenvalue weighted by Crippen LogP contribution is 2.22. The molecular weight excluding hydrogens is 295 g/mol. The Labute approximate surface area is 123 Å². The van der Waals surface area contributed by atoms with Crippen LogP contribution in [0.5, 0.6) is 0 Å². The molecule has 7 heteroatoms. The molecule has 0 atom stereocenters. The number of anilines is 1. The van der Waals surface area contributed by atoms with Gasteiger partial charge in [0.2, 0.25) is 10.0 Å². The fraction of sp³-hybridized carbons (Fsp3) is 0.429. The van der Waals surface area contributed by atoms with E-state index in [1.54, 1.807) is 0 Å². The topological polar surface area (TPSA) is 81.4 Å². The summed E-state index contributed by atoms with van der Waals surface area (Å²) in [7, 11) is -3.55. The van der Waals surface area contributed by atoms with Crippen molar-refractivity contribution in [3.05, 3.63) is 29.6 Å². The second-order valence-electron chi connectivity index (χ2n) is 4.65. The molecular formula is C14H17FN2O3S. The molecule has 1 aliphatic heterocycles. The quantitative estimate of drug-likeness (QED) is 0.818. The Balaban J connectivity index is 2.25. The minimum absolute atomic E-state index is 0.114. The van der Waals surface area contributed by atoms with Crippen molar-refractivity contribution in [3.63, 3.8) is 0 Å². The lowest BCUT2D eigenvalue weighted by Gasteiger charge is -2.23. The van der Waals surface area contributed by atoms with Crippen LogP contribution < -0.4 is 10.5 Å². The van der Waals surface area contributed by atoms with Crippen LogP contribution in [0.15, 0.2) is 18.2 Å². The molecule has 1 saturated heterocycles. The highest BCUT2D eigenvalue weighted by atomic mass is 32.2. The average Bonchev–Trinajstić information content (AvgIpc) is 2.48. The highest BCUT2D eigenvalue weighted by molar-refractivity contribution is 7.93. The van der Waals surface area contributed by atoms with Crippen LogP contribution in [0, 0.1) is 17.7 Å². The second kappa shape index (κ2) is 6.89. The number of rotatable bonds is 3. The van der Waals surface area contributed by atoms with Crippen LogP contribution in [0.4, 0.5) is 10.1 Å². The molecule has 21 heavy (non-hydrogen) atoms. The molecule has 2 rings (SSSR count). The van der Waals surface area contributed by atoms with Crippen LogP contribution in [0.25, 0.3) is 0 Å². The van der Waals surface area contributed by atoms with Gasteiger partial charge in [0.1, 0.15) is 5.82 Å². The summed E-state index contributed by atoms with van der Waals surface area (Å²) >= 11 is 0. The van der Waals surface area contributed by atoms with E-state index in [9.17, 15) is 12.8 Å². The number of nitrogens with two attached hydrogens (primary N) is 1. The Bertz CT molecular complexity index is 659. The van der Waals surface area contributed by atoms with Gasteiger partial charge in [-0.1, -0.05) is 11.8 Å². The van der Waals surface area contributed by atoms with Gasteiger partial charge in [0.25, 0.3) is 0 Å². The molecule has 0 amide bonds. The Morgan fingerprint density at radius 3 is 2.76 bits per heavy atom. The van der Waals surface area contributed by atoms with Crippen molar-refractivity contribution in [1.29, 1.82) is 0 Å². The largest absolute Gasteiger partial charge is 0.381 e. The van der Waals surface area contributed by atoms with E-state index in [2.05, 4.69) is 16.6 Å². The number of sulfonamides is 1.